The molecular weight excluding hydrogens is 180 g/mol. The summed E-state index contributed by atoms with van der Waals surface area (Å²) in [6, 6.07) is 7.12. The molecule has 0 heteroatoms. The van der Waals surface area contributed by atoms with Crippen LogP contribution < -0.4 is 0 Å². The van der Waals surface area contributed by atoms with Crippen molar-refractivity contribution in [2.24, 2.45) is 0 Å². The lowest BCUT2D eigenvalue weighted by molar-refractivity contribution is 0.382. The molecule has 3 rings (SSSR count). The molecule has 0 saturated heterocycles. The highest BCUT2D eigenvalue weighted by Crippen LogP contribution is 2.58. The molecule has 0 radical (unpaired) electrons. The van der Waals surface area contributed by atoms with Crippen LogP contribution in [0.2, 0.25) is 0 Å². The molecule has 1 fully saturated rings. The van der Waals surface area contributed by atoms with E-state index >= 15 is 0 Å². The van der Waals surface area contributed by atoms with E-state index in [1.807, 2.05) is 0 Å². The molecule has 0 nitrogen and oxygen atoms in total. The third-order valence-corrected chi connectivity index (χ3v) is 4.56. The molecule has 1 saturated carbocycles. The summed E-state index contributed by atoms with van der Waals surface area (Å²) in [5.41, 5.74) is 5.73. The second kappa shape index (κ2) is 2.66. The first-order valence-electron chi connectivity index (χ1n) is 6.15. The Morgan fingerprint density at radius 3 is 2.27 bits per heavy atom. The molecule has 1 aromatic rings. The number of hydrogen-bond donors (Lipinski definition) is 0. The van der Waals surface area contributed by atoms with Gasteiger partial charge < -0.3 is 0 Å². The predicted molar refractivity (Wildman–Crippen MR) is 64.4 cm³/mol. The van der Waals surface area contributed by atoms with Crippen LogP contribution in [0, 0.1) is 6.92 Å². The summed E-state index contributed by atoms with van der Waals surface area (Å²) < 4.78 is 0. The summed E-state index contributed by atoms with van der Waals surface area (Å²) in [7, 11) is 0. The highest BCUT2D eigenvalue weighted by Gasteiger charge is 2.50. The first kappa shape index (κ1) is 9.45. The minimum absolute atomic E-state index is 0.398. The Kier molecular flexibility index (Phi) is 1.68. The molecule has 0 heterocycles. The van der Waals surface area contributed by atoms with Crippen LogP contribution in [0.1, 0.15) is 56.2 Å². The Bertz CT molecular complexity index is 408. The minimum atomic E-state index is 0.398. The van der Waals surface area contributed by atoms with Crippen LogP contribution in [0.15, 0.2) is 18.2 Å². The second-order valence-electron chi connectivity index (χ2n) is 6.21. The molecule has 1 aromatic carbocycles. The van der Waals surface area contributed by atoms with Crippen LogP contribution in [0.25, 0.3) is 0 Å². The molecule has 0 N–H and O–H groups in total. The first-order chi connectivity index (χ1) is 7.04. The van der Waals surface area contributed by atoms with Gasteiger partial charge in [0.25, 0.3) is 0 Å². The first-order valence-corrected chi connectivity index (χ1v) is 6.15. The van der Waals surface area contributed by atoms with E-state index < -0.39 is 0 Å². The molecule has 0 bridgehead atoms. The van der Waals surface area contributed by atoms with E-state index in [1.165, 1.54) is 31.2 Å². The van der Waals surface area contributed by atoms with Crippen molar-refractivity contribution in [3.63, 3.8) is 0 Å². The summed E-state index contributed by atoms with van der Waals surface area (Å²) in [5.74, 6) is 0. The second-order valence-corrected chi connectivity index (χ2v) is 6.21. The number of rotatable bonds is 0. The largest absolute Gasteiger partial charge is 0.0590 e. The summed E-state index contributed by atoms with van der Waals surface area (Å²) in [5, 5.41) is 0. The summed E-state index contributed by atoms with van der Waals surface area (Å²) in [6.07, 6.45) is 5.64. The Morgan fingerprint density at radius 1 is 0.933 bits per heavy atom. The molecule has 2 aliphatic rings. The molecule has 15 heavy (non-hydrogen) atoms. The summed E-state index contributed by atoms with van der Waals surface area (Å²) in [4.78, 5) is 0. The third kappa shape index (κ3) is 1.27. The highest BCUT2D eigenvalue weighted by atomic mass is 14.5. The lowest BCUT2D eigenvalue weighted by atomic mass is 9.67. The Hall–Kier alpha value is -0.780. The smallest absolute Gasteiger partial charge is 0.00431 e. The summed E-state index contributed by atoms with van der Waals surface area (Å²) >= 11 is 0. The molecule has 80 valence electrons. The zero-order valence-corrected chi connectivity index (χ0v) is 10.1. The van der Waals surface area contributed by atoms with Crippen molar-refractivity contribution in [1.82, 2.24) is 0 Å². The molecule has 2 aliphatic carbocycles. The van der Waals surface area contributed by atoms with Gasteiger partial charge in [-0.25, -0.2) is 0 Å². The van der Waals surface area contributed by atoms with E-state index in [9.17, 15) is 0 Å². The van der Waals surface area contributed by atoms with Crippen molar-refractivity contribution in [2.45, 2.75) is 57.3 Å². The van der Waals surface area contributed by atoms with Crippen LogP contribution in [-0.4, -0.2) is 0 Å². The van der Waals surface area contributed by atoms with E-state index in [0.29, 0.717) is 10.8 Å². The molecule has 0 aliphatic heterocycles. The molecule has 0 atom stereocenters. The fourth-order valence-corrected chi connectivity index (χ4v) is 3.17. The highest BCUT2D eigenvalue weighted by molar-refractivity contribution is 5.46. The van der Waals surface area contributed by atoms with Gasteiger partial charge in [0.2, 0.25) is 0 Å². The van der Waals surface area contributed by atoms with Gasteiger partial charge in [-0.1, -0.05) is 37.6 Å². The van der Waals surface area contributed by atoms with Gasteiger partial charge in [-0.3, -0.25) is 0 Å². The number of aryl methyl sites for hydroxylation is 1. The van der Waals surface area contributed by atoms with E-state index in [1.54, 1.807) is 11.1 Å². The quantitative estimate of drug-likeness (QED) is 0.591. The predicted octanol–water partition coefficient (Wildman–Crippen LogP) is 4.10. The molecular formula is C15H20. The van der Waals surface area contributed by atoms with Gasteiger partial charge in [0.15, 0.2) is 0 Å². The van der Waals surface area contributed by atoms with Crippen molar-refractivity contribution in [2.75, 3.05) is 0 Å². The maximum Gasteiger partial charge on any atom is -0.00431 e. The van der Waals surface area contributed by atoms with E-state index in [0.717, 1.165) is 0 Å². The number of fused-ring (bicyclic) bond motifs is 2. The average Bonchev–Trinajstić information content (AvgIpc) is 2.94. The van der Waals surface area contributed by atoms with Gasteiger partial charge in [-0.2, -0.15) is 0 Å². The van der Waals surface area contributed by atoms with Gasteiger partial charge in [-0.15, -0.1) is 0 Å². The normalized spacial score (nSPS) is 25.0. The Balaban J connectivity index is 2.21. The third-order valence-electron chi connectivity index (χ3n) is 4.56. The Labute approximate surface area is 92.7 Å². The van der Waals surface area contributed by atoms with Crippen molar-refractivity contribution < 1.29 is 0 Å². The lowest BCUT2D eigenvalue weighted by Gasteiger charge is -2.37. The standard InChI is InChI=1S/C15H20/c1-11-4-5-12-13(10-11)14(2,3)6-7-15(12)8-9-15/h4-5,10H,6-9H2,1-3H3. The lowest BCUT2D eigenvalue weighted by Crippen LogP contribution is -2.29. The van der Waals surface area contributed by atoms with Gasteiger partial charge in [-0.05, 0) is 54.6 Å². The van der Waals surface area contributed by atoms with Crippen molar-refractivity contribution in [1.29, 1.82) is 0 Å². The maximum absolute atomic E-state index is 2.43. The zero-order chi connectivity index (χ0) is 10.7. The monoisotopic (exact) mass is 200 g/mol. The molecule has 0 unspecified atom stereocenters. The van der Waals surface area contributed by atoms with Crippen LogP contribution in [0.3, 0.4) is 0 Å². The average molecular weight is 200 g/mol. The molecule has 0 aromatic heterocycles. The van der Waals surface area contributed by atoms with Crippen LogP contribution in [0.5, 0.6) is 0 Å². The van der Waals surface area contributed by atoms with E-state index in [4.69, 9.17) is 0 Å². The molecule has 0 amide bonds. The van der Waals surface area contributed by atoms with Gasteiger partial charge in [0.05, 0.1) is 0 Å². The Morgan fingerprint density at radius 2 is 1.60 bits per heavy atom. The number of benzene rings is 1. The fourth-order valence-electron chi connectivity index (χ4n) is 3.17. The van der Waals surface area contributed by atoms with E-state index in [2.05, 4.69) is 39.0 Å². The van der Waals surface area contributed by atoms with Crippen molar-refractivity contribution >= 4 is 0 Å². The van der Waals surface area contributed by atoms with Gasteiger partial charge in [0.1, 0.15) is 0 Å². The summed E-state index contributed by atoms with van der Waals surface area (Å²) in [6.45, 7) is 7.02. The maximum atomic E-state index is 2.43. The van der Waals surface area contributed by atoms with Gasteiger partial charge >= 0.3 is 0 Å². The van der Waals surface area contributed by atoms with Crippen LogP contribution in [0.4, 0.5) is 0 Å². The fraction of sp³-hybridized carbons (Fsp3) is 0.600. The van der Waals surface area contributed by atoms with Crippen LogP contribution >= 0.6 is 0 Å². The topological polar surface area (TPSA) is 0 Å². The SMILES string of the molecule is Cc1ccc2c(c1)C(C)(C)CCC21CC1. The van der Waals surface area contributed by atoms with Crippen molar-refractivity contribution in [3.05, 3.63) is 34.9 Å². The van der Waals surface area contributed by atoms with Crippen molar-refractivity contribution in [3.8, 4) is 0 Å². The minimum Gasteiger partial charge on any atom is -0.0590 e. The molecule has 1 spiro atoms. The van der Waals surface area contributed by atoms with Crippen LogP contribution in [-0.2, 0) is 10.8 Å². The van der Waals surface area contributed by atoms with E-state index in [-0.39, 0.29) is 0 Å². The van der Waals surface area contributed by atoms with Gasteiger partial charge in [0, 0.05) is 0 Å². The zero-order valence-electron chi connectivity index (χ0n) is 10.1. The number of hydrogen-bond acceptors (Lipinski definition) is 0.